The molecule has 1 aromatic heterocycles. The van der Waals surface area contributed by atoms with Crippen molar-refractivity contribution in [3.8, 4) is 0 Å². The van der Waals surface area contributed by atoms with Crippen molar-refractivity contribution in [1.29, 1.82) is 0 Å². The number of nitrogens with one attached hydrogen (secondary N) is 2. The average molecular weight is 537 g/mol. The van der Waals surface area contributed by atoms with Gasteiger partial charge in [-0.2, -0.15) is 0 Å². The number of ether oxygens (including phenoxy) is 1. The third-order valence-electron chi connectivity index (χ3n) is 4.95. The number of nitrogens with zero attached hydrogens (tertiary/aromatic N) is 2. The molecular weight excluding hydrogens is 499 g/mol. The Morgan fingerprint density at radius 3 is 2.72 bits per heavy atom. The van der Waals surface area contributed by atoms with Gasteiger partial charge in [0.2, 0.25) is 5.91 Å². The summed E-state index contributed by atoms with van der Waals surface area (Å²) in [4.78, 5) is 19.3. The second-order valence-electron chi connectivity index (χ2n) is 8.65. The van der Waals surface area contributed by atoms with Gasteiger partial charge in [0.15, 0.2) is 5.96 Å². The van der Waals surface area contributed by atoms with E-state index in [4.69, 9.17) is 4.74 Å². The van der Waals surface area contributed by atoms with Gasteiger partial charge in [-0.05, 0) is 36.1 Å². The molecule has 1 fully saturated rings. The summed E-state index contributed by atoms with van der Waals surface area (Å²) in [5.74, 6) is 1.13. The molecule has 2 atom stereocenters. The lowest BCUT2D eigenvalue weighted by atomic mass is 9.78. The first-order valence-corrected chi connectivity index (χ1v) is 11.0. The molecule has 1 aliphatic heterocycles. The molecule has 2 rings (SSSR count). The fourth-order valence-corrected chi connectivity index (χ4v) is 4.17. The number of thiophene rings is 1. The Morgan fingerprint density at radius 2 is 2.10 bits per heavy atom. The second-order valence-corrected chi connectivity index (χ2v) is 9.68. The summed E-state index contributed by atoms with van der Waals surface area (Å²) in [6, 6.07) is 4.21. The van der Waals surface area contributed by atoms with Crippen molar-refractivity contribution in [3.63, 3.8) is 0 Å². The molecule has 166 valence electrons. The number of aliphatic imine (C=N–C) groups is 1. The van der Waals surface area contributed by atoms with Gasteiger partial charge in [-0.1, -0.05) is 26.8 Å². The van der Waals surface area contributed by atoms with Crippen molar-refractivity contribution in [2.75, 3.05) is 40.3 Å². The maximum Gasteiger partial charge on any atom is 0.243 e. The molecule has 2 unspecified atom stereocenters. The van der Waals surface area contributed by atoms with E-state index in [1.807, 2.05) is 0 Å². The molecule has 1 aliphatic rings. The number of halogens is 1. The van der Waals surface area contributed by atoms with E-state index in [9.17, 15) is 4.79 Å². The summed E-state index contributed by atoms with van der Waals surface area (Å²) in [5, 5.41) is 8.93. The highest BCUT2D eigenvalue weighted by molar-refractivity contribution is 14.0. The number of carbonyl (C=O) groups excluding carboxylic acids is 1. The van der Waals surface area contributed by atoms with Crippen LogP contribution in [-0.4, -0.2) is 63.2 Å². The van der Waals surface area contributed by atoms with Crippen LogP contribution in [-0.2, 0) is 16.0 Å². The normalized spacial score (nSPS) is 20.0. The van der Waals surface area contributed by atoms with Gasteiger partial charge >= 0.3 is 0 Å². The predicted molar refractivity (Wildman–Crippen MR) is 132 cm³/mol. The van der Waals surface area contributed by atoms with E-state index in [0.717, 1.165) is 39.0 Å². The molecule has 0 radical (unpaired) electrons. The van der Waals surface area contributed by atoms with Gasteiger partial charge in [-0.25, -0.2) is 4.99 Å². The first kappa shape index (κ1) is 26.2. The number of likely N-dealkylation sites (N-methyl/N-ethyl adjacent to an activating group) is 1. The number of carbonyl (C=O) groups is 1. The molecule has 0 bridgehead atoms. The van der Waals surface area contributed by atoms with Crippen molar-refractivity contribution in [3.05, 3.63) is 22.4 Å². The van der Waals surface area contributed by atoms with E-state index in [1.54, 1.807) is 30.3 Å². The van der Waals surface area contributed by atoms with E-state index in [1.165, 1.54) is 4.88 Å². The molecule has 0 spiro atoms. The first-order valence-electron chi connectivity index (χ1n) is 10.1. The molecular formula is C21H37IN4O2S. The third kappa shape index (κ3) is 9.21. The Labute approximate surface area is 196 Å². The van der Waals surface area contributed by atoms with Crippen LogP contribution in [0, 0.1) is 11.3 Å². The summed E-state index contributed by atoms with van der Waals surface area (Å²) in [7, 11) is 3.50. The van der Waals surface area contributed by atoms with Gasteiger partial charge in [0.05, 0.1) is 6.10 Å². The van der Waals surface area contributed by atoms with Crippen molar-refractivity contribution in [1.82, 2.24) is 15.5 Å². The molecule has 0 aliphatic carbocycles. The third-order valence-corrected chi connectivity index (χ3v) is 5.88. The quantitative estimate of drug-likeness (QED) is 0.319. The highest BCUT2D eigenvalue weighted by atomic mass is 127. The van der Waals surface area contributed by atoms with E-state index < -0.39 is 0 Å². The van der Waals surface area contributed by atoms with E-state index >= 15 is 0 Å². The van der Waals surface area contributed by atoms with Crippen molar-refractivity contribution >= 4 is 47.2 Å². The number of guanidine groups is 1. The smallest absolute Gasteiger partial charge is 0.243 e. The summed E-state index contributed by atoms with van der Waals surface area (Å²) >= 11 is 1.76. The van der Waals surface area contributed by atoms with Crippen LogP contribution in [0.25, 0.3) is 0 Å². The topological polar surface area (TPSA) is 66.0 Å². The Morgan fingerprint density at radius 1 is 1.34 bits per heavy atom. The molecule has 2 heterocycles. The van der Waals surface area contributed by atoms with Crippen LogP contribution in [0.5, 0.6) is 0 Å². The highest BCUT2D eigenvalue weighted by Crippen LogP contribution is 2.33. The Balaban J connectivity index is 0.00000420. The summed E-state index contributed by atoms with van der Waals surface area (Å²) in [5.41, 5.74) is 0.109. The summed E-state index contributed by atoms with van der Waals surface area (Å²) < 4.78 is 6.09. The minimum atomic E-state index is -0.00655. The minimum absolute atomic E-state index is 0. The van der Waals surface area contributed by atoms with Gasteiger partial charge in [0, 0.05) is 44.6 Å². The number of hydrogen-bond donors (Lipinski definition) is 2. The van der Waals surface area contributed by atoms with E-state index in [0.29, 0.717) is 11.9 Å². The fraction of sp³-hybridized carbons (Fsp3) is 0.714. The van der Waals surface area contributed by atoms with E-state index in [2.05, 4.69) is 53.9 Å². The molecule has 29 heavy (non-hydrogen) atoms. The largest absolute Gasteiger partial charge is 0.377 e. The van der Waals surface area contributed by atoms with Crippen LogP contribution >= 0.6 is 35.3 Å². The van der Waals surface area contributed by atoms with Crippen molar-refractivity contribution in [2.45, 2.75) is 46.1 Å². The molecule has 6 nitrogen and oxygen atoms in total. The lowest BCUT2D eigenvalue weighted by Crippen LogP contribution is -2.48. The van der Waals surface area contributed by atoms with Gasteiger partial charge in [0.1, 0.15) is 6.54 Å². The molecule has 1 saturated heterocycles. The zero-order valence-electron chi connectivity index (χ0n) is 18.4. The molecule has 0 saturated carbocycles. The van der Waals surface area contributed by atoms with E-state index in [-0.39, 0.29) is 47.9 Å². The first-order chi connectivity index (χ1) is 13.3. The van der Waals surface area contributed by atoms with Gasteiger partial charge in [-0.3, -0.25) is 4.79 Å². The van der Waals surface area contributed by atoms with Crippen molar-refractivity contribution in [2.24, 2.45) is 16.3 Å². The van der Waals surface area contributed by atoms with Crippen LogP contribution < -0.4 is 10.6 Å². The lowest BCUT2D eigenvalue weighted by molar-refractivity contribution is -0.127. The number of hydrogen-bond acceptors (Lipinski definition) is 4. The molecule has 1 aromatic rings. The van der Waals surface area contributed by atoms with Gasteiger partial charge in [0.25, 0.3) is 0 Å². The van der Waals surface area contributed by atoms with Gasteiger partial charge < -0.3 is 20.3 Å². The van der Waals surface area contributed by atoms with Crippen LogP contribution in [0.3, 0.4) is 0 Å². The number of rotatable bonds is 7. The fourth-order valence-electron chi connectivity index (χ4n) is 3.46. The molecule has 8 heteroatoms. The number of amides is 1. The Kier molecular flexibility index (Phi) is 11.5. The SMILES string of the molecule is CN(C)C(=O)CN=C(NCCc1cccs1)NCC1CCCOC1C(C)(C)C.I. The van der Waals surface area contributed by atoms with Crippen LogP contribution in [0.2, 0.25) is 0 Å². The molecule has 2 N–H and O–H groups in total. The lowest BCUT2D eigenvalue weighted by Gasteiger charge is -2.40. The monoisotopic (exact) mass is 536 g/mol. The summed E-state index contributed by atoms with van der Waals surface area (Å²) in [6.07, 6.45) is 3.41. The Bertz CT molecular complexity index is 629. The predicted octanol–water partition coefficient (Wildman–Crippen LogP) is 3.37. The Hall–Kier alpha value is -0.870. The zero-order valence-corrected chi connectivity index (χ0v) is 21.5. The van der Waals surface area contributed by atoms with Crippen molar-refractivity contribution < 1.29 is 9.53 Å². The highest BCUT2D eigenvalue weighted by Gasteiger charge is 2.35. The van der Waals surface area contributed by atoms with Gasteiger partial charge in [-0.15, -0.1) is 35.3 Å². The van der Waals surface area contributed by atoms with Crippen LogP contribution in [0.1, 0.15) is 38.5 Å². The maximum absolute atomic E-state index is 11.9. The average Bonchev–Trinajstić information content (AvgIpc) is 3.16. The maximum atomic E-state index is 11.9. The second kappa shape index (κ2) is 12.7. The summed E-state index contributed by atoms with van der Waals surface area (Å²) in [6.45, 7) is 9.27. The minimum Gasteiger partial charge on any atom is -0.377 e. The standard InChI is InChI=1S/C21H36N4O2S.HI/c1-21(2,3)19-16(8-6-12-27-19)14-23-20(24-15-18(26)25(4)5)22-11-10-17-9-7-13-28-17;/h7,9,13,16,19H,6,8,10-12,14-15H2,1-5H3,(H2,22,23,24);1H. The van der Waals surface area contributed by atoms with Crippen LogP contribution in [0.15, 0.2) is 22.5 Å². The zero-order chi connectivity index (χ0) is 20.6. The molecule has 1 amide bonds. The molecule has 0 aromatic carbocycles. The van der Waals surface area contributed by atoms with Crippen LogP contribution in [0.4, 0.5) is 0 Å².